The standard InChI is InChI=1S/C21H25N7O3/c1-2-28-18(22)16(19(23)30)17(29)15-11-24-21(26-20(15)28)25-14-5-3-13(4-6-14)12-27-7-9-31-10-8-27/h3-6,11H,2,7-10,12,22H2,1H3,(H2,23,30)(H,24,25,26). The molecule has 10 nitrogen and oxygen atoms in total. The van der Waals surface area contributed by atoms with Crippen molar-refractivity contribution < 1.29 is 9.53 Å². The Balaban J connectivity index is 1.59. The molecule has 1 aliphatic rings. The highest BCUT2D eigenvalue weighted by molar-refractivity contribution is 6.00. The molecule has 2 aromatic heterocycles. The number of rotatable bonds is 6. The highest BCUT2D eigenvalue weighted by atomic mass is 16.5. The van der Waals surface area contributed by atoms with Crippen LogP contribution < -0.4 is 22.2 Å². The minimum Gasteiger partial charge on any atom is -0.384 e. The van der Waals surface area contributed by atoms with Gasteiger partial charge in [0.15, 0.2) is 5.65 Å². The highest BCUT2D eigenvalue weighted by Gasteiger charge is 2.20. The average molecular weight is 423 g/mol. The molecule has 1 fully saturated rings. The van der Waals surface area contributed by atoms with Gasteiger partial charge in [-0.25, -0.2) is 4.98 Å². The molecule has 31 heavy (non-hydrogen) atoms. The van der Waals surface area contributed by atoms with E-state index in [0.717, 1.165) is 38.5 Å². The first kappa shape index (κ1) is 20.8. The lowest BCUT2D eigenvalue weighted by atomic mass is 10.1. The number of amides is 1. The molecule has 1 aromatic carbocycles. The summed E-state index contributed by atoms with van der Waals surface area (Å²) in [5, 5.41) is 3.34. The molecule has 0 bridgehead atoms. The lowest BCUT2D eigenvalue weighted by Crippen LogP contribution is -2.35. The number of aromatic nitrogens is 3. The zero-order chi connectivity index (χ0) is 22.0. The second-order valence-corrected chi connectivity index (χ2v) is 7.34. The zero-order valence-electron chi connectivity index (χ0n) is 17.3. The first-order valence-electron chi connectivity index (χ1n) is 10.1. The number of nitrogen functional groups attached to an aromatic ring is 1. The summed E-state index contributed by atoms with van der Waals surface area (Å²) in [4.78, 5) is 35.4. The average Bonchev–Trinajstić information content (AvgIpc) is 2.76. The summed E-state index contributed by atoms with van der Waals surface area (Å²) < 4.78 is 6.96. The van der Waals surface area contributed by atoms with Crippen LogP contribution in [-0.4, -0.2) is 51.6 Å². The van der Waals surface area contributed by atoms with Crippen LogP contribution in [0, 0.1) is 0 Å². The number of carbonyl (C=O) groups is 1. The van der Waals surface area contributed by atoms with Crippen molar-refractivity contribution in [3.05, 3.63) is 51.8 Å². The van der Waals surface area contributed by atoms with Crippen molar-refractivity contribution in [1.82, 2.24) is 19.4 Å². The summed E-state index contributed by atoms with van der Waals surface area (Å²) in [6.07, 6.45) is 1.39. The minimum atomic E-state index is -0.869. The smallest absolute Gasteiger partial charge is 0.256 e. The lowest BCUT2D eigenvalue weighted by molar-refractivity contribution is 0.0342. The lowest BCUT2D eigenvalue weighted by Gasteiger charge is -2.26. The molecule has 3 aromatic rings. The number of nitrogens with one attached hydrogen (secondary N) is 1. The molecule has 0 unspecified atom stereocenters. The van der Waals surface area contributed by atoms with Crippen molar-refractivity contribution >= 4 is 34.4 Å². The van der Waals surface area contributed by atoms with Gasteiger partial charge in [0.2, 0.25) is 11.4 Å². The number of primary amides is 1. The van der Waals surface area contributed by atoms with E-state index in [4.69, 9.17) is 16.2 Å². The molecule has 4 rings (SSSR count). The number of aryl methyl sites for hydroxylation is 1. The molecular formula is C21H25N7O3. The quantitative estimate of drug-likeness (QED) is 0.534. The topological polar surface area (TPSA) is 141 Å². The summed E-state index contributed by atoms with van der Waals surface area (Å²) in [7, 11) is 0. The van der Waals surface area contributed by atoms with E-state index in [1.54, 1.807) is 4.57 Å². The van der Waals surface area contributed by atoms with E-state index in [1.165, 1.54) is 11.8 Å². The second-order valence-electron chi connectivity index (χ2n) is 7.34. The number of fused-ring (bicyclic) bond motifs is 1. The van der Waals surface area contributed by atoms with Crippen molar-refractivity contribution in [2.24, 2.45) is 5.73 Å². The Morgan fingerprint density at radius 2 is 1.94 bits per heavy atom. The van der Waals surface area contributed by atoms with Crippen LogP contribution in [0.25, 0.3) is 11.0 Å². The van der Waals surface area contributed by atoms with Crippen LogP contribution in [0.3, 0.4) is 0 Å². The van der Waals surface area contributed by atoms with E-state index in [2.05, 4.69) is 32.3 Å². The van der Waals surface area contributed by atoms with Crippen molar-refractivity contribution in [2.75, 3.05) is 37.4 Å². The maximum Gasteiger partial charge on any atom is 0.256 e. The van der Waals surface area contributed by atoms with Crippen LogP contribution >= 0.6 is 0 Å². The summed E-state index contributed by atoms with van der Waals surface area (Å²) in [6, 6.07) is 8.03. The molecule has 1 saturated heterocycles. The number of ether oxygens (including phenoxy) is 1. The van der Waals surface area contributed by atoms with E-state index in [1.807, 2.05) is 19.1 Å². The number of pyridine rings is 1. The number of morpholine rings is 1. The number of anilines is 3. The van der Waals surface area contributed by atoms with Gasteiger partial charge in [0.05, 0.1) is 18.6 Å². The van der Waals surface area contributed by atoms with E-state index in [9.17, 15) is 9.59 Å². The van der Waals surface area contributed by atoms with Crippen LogP contribution in [0.1, 0.15) is 22.8 Å². The van der Waals surface area contributed by atoms with Gasteiger partial charge >= 0.3 is 0 Å². The Labute approximate surface area is 178 Å². The SMILES string of the molecule is CCn1c(N)c(C(N)=O)c(=O)c2cnc(Nc3ccc(CN4CCOCC4)cc3)nc21. The number of hydrogen-bond donors (Lipinski definition) is 3. The predicted octanol–water partition coefficient (Wildman–Crippen LogP) is 1.07. The van der Waals surface area contributed by atoms with Crippen LogP contribution in [-0.2, 0) is 17.8 Å². The number of carbonyl (C=O) groups excluding carboxylic acids is 1. The highest BCUT2D eigenvalue weighted by Crippen LogP contribution is 2.20. The zero-order valence-corrected chi connectivity index (χ0v) is 17.3. The number of hydrogen-bond acceptors (Lipinski definition) is 8. The molecule has 0 saturated carbocycles. The molecule has 0 aliphatic carbocycles. The van der Waals surface area contributed by atoms with E-state index in [0.29, 0.717) is 18.1 Å². The molecule has 3 heterocycles. The first-order valence-corrected chi connectivity index (χ1v) is 10.1. The number of nitrogens with zero attached hydrogens (tertiary/aromatic N) is 4. The first-order chi connectivity index (χ1) is 15.0. The fourth-order valence-corrected chi connectivity index (χ4v) is 3.70. The summed E-state index contributed by atoms with van der Waals surface area (Å²) in [5.41, 5.74) is 12.9. The van der Waals surface area contributed by atoms with Crippen molar-refractivity contribution in [1.29, 1.82) is 0 Å². The monoisotopic (exact) mass is 423 g/mol. The van der Waals surface area contributed by atoms with E-state index >= 15 is 0 Å². The maximum absolute atomic E-state index is 12.6. The van der Waals surface area contributed by atoms with Crippen molar-refractivity contribution in [3.8, 4) is 0 Å². The maximum atomic E-state index is 12.6. The Kier molecular flexibility index (Phi) is 5.83. The van der Waals surface area contributed by atoms with Crippen LogP contribution in [0.5, 0.6) is 0 Å². The summed E-state index contributed by atoms with van der Waals surface area (Å²) in [6.45, 7) is 6.54. The Bertz CT molecular complexity index is 1170. The number of benzene rings is 1. The normalized spacial score (nSPS) is 14.6. The Hall–Kier alpha value is -3.50. The Morgan fingerprint density at radius 1 is 1.23 bits per heavy atom. The van der Waals surface area contributed by atoms with Gasteiger partial charge in [-0.1, -0.05) is 12.1 Å². The van der Waals surface area contributed by atoms with Gasteiger partial charge in [-0.3, -0.25) is 14.5 Å². The van der Waals surface area contributed by atoms with Gasteiger partial charge in [-0.2, -0.15) is 4.98 Å². The molecule has 5 N–H and O–H groups in total. The van der Waals surface area contributed by atoms with Gasteiger partial charge in [-0.15, -0.1) is 0 Å². The molecular weight excluding hydrogens is 398 g/mol. The molecule has 1 aliphatic heterocycles. The fraction of sp³-hybridized carbons (Fsp3) is 0.333. The summed E-state index contributed by atoms with van der Waals surface area (Å²) >= 11 is 0. The Morgan fingerprint density at radius 3 is 2.58 bits per heavy atom. The second kappa shape index (κ2) is 8.70. The van der Waals surface area contributed by atoms with Gasteiger partial charge in [0.1, 0.15) is 11.4 Å². The van der Waals surface area contributed by atoms with Gasteiger partial charge < -0.3 is 26.1 Å². The summed E-state index contributed by atoms with van der Waals surface area (Å²) in [5.74, 6) is -0.545. The largest absolute Gasteiger partial charge is 0.384 e. The molecule has 1 amide bonds. The number of nitrogens with two attached hydrogens (primary N) is 2. The minimum absolute atomic E-state index is 0.00427. The third-order valence-corrected chi connectivity index (χ3v) is 5.33. The molecule has 0 radical (unpaired) electrons. The molecule has 10 heteroatoms. The van der Waals surface area contributed by atoms with Gasteiger partial charge in [-0.05, 0) is 24.6 Å². The van der Waals surface area contributed by atoms with Gasteiger partial charge in [0, 0.05) is 38.1 Å². The molecule has 162 valence electrons. The van der Waals surface area contributed by atoms with E-state index in [-0.39, 0.29) is 16.8 Å². The third-order valence-electron chi connectivity index (χ3n) is 5.33. The molecule has 0 spiro atoms. The van der Waals surface area contributed by atoms with Crippen LogP contribution in [0.4, 0.5) is 17.5 Å². The van der Waals surface area contributed by atoms with E-state index < -0.39 is 11.3 Å². The van der Waals surface area contributed by atoms with Gasteiger partial charge in [0.25, 0.3) is 5.91 Å². The van der Waals surface area contributed by atoms with Crippen LogP contribution in [0.2, 0.25) is 0 Å². The molecule has 0 atom stereocenters. The third kappa shape index (κ3) is 4.21. The van der Waals surface area contributed by atoms with Crippen LogP contribution in [0.15, 0.2) is 35.3 Å². The fourth-order valence-electron chi connectivity index (χ4n) is 3.70. The predicted molar refractivity (Wildman–Crippen MR) is 118 cm³/mol. The van der Waals surface area contributed by atoms with Crippen molar-refractivity contribution in [2.45, 2.75) is 20.0 Å². The van der Waals surface area contributed by atoms with Crippen molar-refractivity contribution in [3.63, 3.8) is 0 Å².